The van der Waals surface area contributed by atoms with Gasteiger partial charge in [-0.15, -0.1) is 6.58 Å². The first-order valence-corrected chi connectivity index (χ1v) is 23.1. The molecule has 1 aliphatic heterocycles. The number of rotatable bonds is 28. The Morgan fingerprint density at radius 2 is 0.925 bits per heavy atom. The maximum atomic E-state index is 6.87. The first-order valence-electron chi connectivity index (χ1n) is 23.1. The molecule has 7 rings (SSSR count). The zero-order valence-electron chi connectivity index (χ0n) is 38.5. The highest BCUT2D eigenvalue weighted by Gasteiger charge is 2.48. The Morgan fingerprint density at radius 1 is 0.522 bits per heavy atom. The third-order valence-corrected chi connectivity index (χ3v) is 11.6. The lowest BCUT2D eigenvalue weighted by molar-refractivity contribution is -0.318. The van der Waals surface area contributed by atoms with Crippen LogP contribution in [0.4, 0.5) is 0 Å². The molecular weight excluding hydrogens is 841 g/mol. The highest BCUT2D eigenvalue weighted by atomic mass is 16.7. The molecule has 6 aromatic carbocycles. The first-order chi connectivity index (χ1) is 33.1. The second-order valence-electron chi connectivity index (χ2n) is 16.6. The molecule has 1 aliphatic rings. The predicted octanol–water partition coefficient (Wildman–Crippen LogP) is 11.4. The molecule has 0 N–H and O–H groups in total. The number of ether oxygens (including phenoxy) is 9. The maximum absolute atomic E-state index is 6.87. The molecule has 0 saturated carbocycles. The van der Waals surface area contributed by atoms with E-state index in [-0.39, 0.29) is 6.61 Å². The quantitative estimate of drug-likeness (QED) is 0.0353. The van der Waals surface area contributed by atoms with E-state index in [9.17, 15) is 0 Å². The van der Waals surface area contributed by atoms with Gasteiger partial charge in [-0.05, 0) is 39.8 Å². The molecule has 0 aliphatic carbocycles. The molecule has 9 heteroatoms. The van der Waals surface area contributed by atoms with Crippen molar-refractivity contribution in [3.05, 3.63) is 240 Å². The van der Waals surface area contributed by atoms with Gasteiger partial charge in [-0.3, -0.25) is 0 Å². The summed E-state index contributed by atoms with van der Waals surface area (Å²) in [6.45, 7) is 10.9. The van der Waals surface area contributed by atoms with Crippen LogP contribution in [0.1, 0.15) is 46.2 Å². The Morgan fingerprint density at radius 3 is 1.37 bits per heavy atom. The highest BCUT2D eigenvalue weighted by molar-refractivity contribution is 5.18. The van der Waals surface area contributed by atoms with Crippen LogP contribution in [0.5, 0.6) is 0 Å². The minimum Gasteiger partial charge on any atom is -0.490 e. The molecular formula is C58H64O9. The Bertz CT molecular complexity index is 2260. The van der Waals surface area contributed by atoms with Gasteiger partial charge in [-0.1, -0.05) is 195 Å². The minimum atomic E-state index is -0.759. The van der Waals surface area contributed by atoms with Gasteiger partial charge in [-0.25, -0.2) is 0 Å². The van der Waals surface area contributed by atoms with Gasteiger partial charge in [-0.2, -0.15) is 0 Å². The summed E-state index contributed by atoms with van der Waals surface area (Å²) in [7, 11) is 1.63. The van der Waals surface area contributed by atoms with Crippen LogP contribution in [-0.4, -0.2) is 62.7 Å². The third-order valence-electron chi connectivity index (χ3n) is 11.6. The molecule has 1 fully saturated rings. The van der Waals surface area contributed by atoms with Crippen molar-refractivity contribution in [3.8, 4) is 0 Å². The Labute approximate surface area is 396 Å². The average molecular weight is 905 g/mol. The van der Waals surface area contributed by atoms with E-state index in [1.54, 1.807) is 13.2 Å². The lowest BCUT2D eigenvalue weighted by atomic mass is 9.94. The third kappa shape index (κ3) is 15.7. The van der Waals surface area contributed by atoms with Gasteiger partial charge in [0.15, 0.2) is 12.4 Å². The molecule has 0 amide bonds. The molecule has 0 aromatic heterocycles. The SMILES string of the molecule is C=C[C@@H](OCc1ccccc1)[C@@H](OCc1ccccc1)[C@@H](COCc1ccccc1)OC(=C)CC[C@H]1O[C@H](OC)[C@H](OCc2ccccc2)[C@@H](OCc2ccccc2)[C@@H]1OCc1ccccc1. The minimum absolute atomic E-state index is 0.191. The van der Waals surface area contributed by atoms with E-state index in [0.29, 0.717) is 58.2 Å². The smallest absolute Gasteiger partial charge is 0.186 e. The van der Waals surface area contributed by atoms with Gasteiger partial charge >= 0.3 is 0 Å². The molecule has 350 valence electrons. The zero-order valence-corrected chi connectivity index (χ0v) is 38.5. The second kappa shape index (κ2) is 27.2. The second-order valence-corrected chi connectivity index (χ2v) is 16.6. The molecule has 0 bridgehead atoms. The summed E-state index contributed by atoms with van der Waals surface area (Å²) in [5, 5.41) is 0. The zero-order chi connectivity index (χ0) is 46.3. The molecule has 1 saturated heterocycles. The number of methoxy groups -OCH3 is 1. The fraction of sp³-hybridized carbons (Fsp3) is 0.310. The predicted molar refractivity (Wildman–Crippen MR) is 260 cm³/mol. The van der Waals surface area contributed by atoms with Gasteiger partial charge in [0.05, 0.1) is 58.1 Å². The molecule has 0 spiro atoms. The Balaban J connectivity index is 1.13. The van der Waals surface area contributed by atoms with E-state index in [2.05, 4.69) is 13.2 Å². The van der Waals surface area contributed by atoms with Crippen LogP contribution in [0.3, 0.4) is 0 Å². The summed E-state index contributed by atoms with van der Waals surface area (Å²) in [5.41, 5.74) is 6.16. The molecule has 1 heterocycles. The topological polar surface area (TPSA) is 83.1 Å². The summed E-state index contributed by atoms with van der Waals surface area (Å²) < 4.78 is 59.9. The van der Waals surface area contributed by atoms with Gasteiger partial charge in [0.2, 0.25) is 0 Å². The Kier molecular flexibility index (Phi) is 20.0. The maximum Gasteiger partial charge on any atom is 0.186 e. The molecule has 9 nitrogen and oxygen atoms in total. The van der Waals surface area contributed by atoms with Crippen LogP contribution < -0.4 is 0 Å². The van der Waals surface area contributed by atoms with Gasteiger partial charge < -0.3 is 42.6 Å². The molecule has 0 radical (unpaired) electrons. The summed E-state index contributed by atoms with van der Waals surface area (Å²) in [4.78, 5) is 0. The number of allylic oxidation sites excluding steroid dienone is 1. The van der Waals surface area contributed by atoms with E-state index in [1.807, 2.05) is 182 Å². The van der Waals surface area contributed by atoms with E-state index in [0.717, 1.165) is 33.4 Å². The van der Waals surface area contributed by atoms with E-state index >= 15 is 0 Å². The van der Waals surface area contributed by atoms with Crippen LogP contribution in [0.15, 0.2) is 207 Å². The standard InChI is InChI=1S/C58H64O9/c1-4-51(61-38-46-25-13-6-14-26-46)54(62-39-47-27-15-7-16-28-47)53(43-60-37-45-23-11-5-12-24-45)66-44(2)35-36-52-55(63-40-48-29-17-8-18-30-48)56(64-41-49-31-19-9-20-32-49)57(58(59-3)67-52)65-42-50-33-21-10-22-34-50/h4-34,51-58H,1-2,35-43H2,3H3/t51-,52-,53-,54-,55-,56+,57-,58+/m1/s1. The van der Waals surface area contributed by atoms with Crippen LogP contribution in [0.25, 0.3) is 0 Å². The first kappa shape index (κ1) is 49.2. The largest absolute Gasteiger partial charge is 0.490 e. The van der Waals surface area contributed by atoms with Crippen molar-refractivity contribution in [2.24, 2.45) is 0 Å². The van der Waals surface area contributed by atoms with Crippen molar-refractivity contribution in [1.82, 2.24) is 0 Å². The van der Waals surface area contributed by atoms with Crippen molar-refractivity contribution < 1.29 is 42.6 Å². The lowest BCUT2D eigenvalue weighted by Gasteiger charge is -2.46. The van der Waals surface area contributed by atoms with E-state index < -0.39 is 49.0 Å². The number of hydrogen-bond acceptors (Lipinski definition) is 9. The van der Waals surface area contributed by atoms with Crippen LogP contribution in [0.2, 0.25) is 0 Å². The van der Waals surface area contributed by atoms with E-state index in [4.69, 9.17) is 42.6 Å². The van der Waals surface area contributed by atoms with Crippen molar-refractivity contribution in [1.29, 1.82) is 0 Å². The summed E-state index contributed by atoms with van der Waals surface area (Å²) in [6, 6.07) is 60.4. The van der Waals surface area contributed by atoms with Crippen molar-refractivity contribution in [2.45, 2.75) is 102 Å². The highest BCUT2D eigenvalue weighted by Crippen LogP contribution is 2.34. The average Bonchev–Trinajstić information content (AvgIpc) is 3.38. The van der Waals surface area contributed by atoms with Crippen molar-refractivity contribution in [2.75, 3.05) is 13.7 Å². The van der Waals surface area contributed by atoms with Gasteiger partial charge in [0.1, 0.15) is 30.5 Å². The van der Waals surface area contributed by atoms with E-state index in [1.165, 1.54) is 0 Å². The number of benzene rings is 6. The molecule has 6 aromatic rings. The van der Waals surface area contributed by atoms with Crippen LogP contribution in [0, 0.1) is 0 Å². The lowest BCUT2D eigenvalue weighted by Crippen LogP contribution is -2.60. The van der Waals surface area contributed by atoms with Gasteiger partial charge in [0.25, 0.3) is 0 Å². The molecule has 8 atom stereocenters. The summed E-state index contributed by atoms with van der Waals surface area (Å²) >= 11 is 0. The van der Waals surface area contributed by atoms with Crippen molar-refractivity contribution in [3.63, 3.8) is 0 Å². The fourth-order valence-electron chi connectivity index (χ4n) is 8.05. The molecule has 0 unspecified atom stereocenters. The van der Waals surface area contributed by atoms with Gasteiger partial charge in [0, 0.05) is 13.5 Å². The summed E-state index contributed by atoms with van der Waals surface area (Å²) in [5.74, 6) is 0.524. The van der Waals surface area contributed by atoms with Crippen molar-refractivity contribution >= 4 is 0 Å². The summed E-state index contributed by atoms with van der Waals surface area (Å²) in [6.07, 6.45) is -2.18. The normalized spacial score (nSPS) is 19.5. The van der Waals surface area contributed by atoms with Crippen LogP contribution in [-0.2, 0) is 82.3 Å². The fourth-order valence-corrected chi connectivity index (χ4v) is 8.05. The molecule has 67 heavy (non-hydrogen) atoms. The Hall–Kier alpha value is -5.72. The van der Waals surface area contributed by atoms with Crippen LogP contribution >= 0.6 is 0 Å². The monoisotopic (exact) mass is 904 g/mol. The number of hydrogen-bond donors (Lipinski definition) is 0.